The van der Waals surface area contributed by atoms with Crippen LogP contribution in [-0.2, 0) is 46.7 Å². The maximum Gasteiger partial charge on any atom is 0.335 e. The second-order valence-corrected chi connectivity index (χ2v) is 13.4. The molecule has 2 aliphatic heterocycles. The van der Waals surface area contributed by atoms with Gasteiger partial charge in [0.1, 0.15) is 5.60 Å². The van der Waals surface area contributed by atoms with Crippen molar-refractivity contribution in [3.63, 3.8) is 0 Å². The van der Waals surface area contributed by atoms with Gasteiger partial charge in [-0.3, -0.25) is 4.79 Å². The van der Waals surface area contributed by atoms with Crippen LogP contribution in [0, 0.1) is 0 Å². The zero-order valence-electron chi connectivity index (χ0n) is 25.1. The molecule has 0 bridgehead atoms. The van der Waals surface area contributed by atoms with Crippen LogP contribution >= 0.6 is 0 Å². The van der Waals surface area contributed by atoms with E-state index in [2.05, 4.69) is 9.46 Å². The van der Waals surface area contributed by atoms with E-state index >= 15 is 0 Å². The molecule has 0 aromatic heterocycles. The number of carbonyl (C=O) groups is 2. The van der Waals surface area contributed by atoms with E-state index < -0.39 is 46.7 Å². The van der Waals surface area contributed by atoms with Gasteiger partial charge in [0, 0.05) is 25.1 Å². The van der Waals surface area contributed by atoms with Crippen molar-refractivity contribution in [1.82, 2.24) is 4.72 Å². The first-order chi connectivity index (χ1) is 20.9. The number of ether oxygens (including phenoxy) is 3. The molecule has 3 unspecified atom stereocenters. The minimum atomic E-state index is -3.20. The van der Waals surface area contributed by atoms with Crippen LogP contribution < -0.4 is 9.62 Å². The highest BCUT2D eigenvalue weighted by atomic mass is 32.2. The molecule has 0 spiro atoms. The second kappa shape index (κ2) is 14.9. The molecule has 242 valence electrons. The third-order valence-corrected chi connectivity index (χ3v) is 8.70. The van der Waals surface area contributed by atoms with Gasteiger partial charge >= 0.3 is 5.97 Å². The number of esters is 1. The van der Waals surface area contributed by atoms with Crippen molar-refractivity contribution in [3.05, 3.63) is 65.2 Å². The number of amides is 1. The molecule has 2 aliphatic rings. The van der Waals surface area contributed by atoms with E-state index in [-0.39, 0.29) is 37.8 Å². The lowest BCUT2D eigenvalue weighted by Gasteiger charge is -2.41. The zero-order valence-corrected chi connectivity index (χ0v) is 25.9. The number of rotatable bonds is 15. The first kappa shape index (κ1) is 34.0. The Hall–Kier alpha value is -2.91. The summed E-state index contributed by atoms with van der Waals surface area (Å²) in [7, 11) is -1.97. The van der Waals surface area contributed by atoms with E-state index in [1.54, 1.807) is 4.90 Å². The van der Waals surface area contributed by atoms with Crippen molar-refractivity contribution >= 4 is 27.6 Å². The number of sulfonamides is 1. The van der Waals surface area contributed by atoms with E-state index in [4.69, 9.17) is 9.47 Å². The summed E-state index contributed by atoms with van der Waals surface area (Å²) in [5.74, 6) is -0.580. The first-order valence-electron chi connectivity index (χ1n) is 14.7. The molecule has 2 aromatic carbocycles. The summed E-state index contributed by atoms with van der Waals surface area (Å²) in [5.41, 5.74) is 2.22. The minimum Gasteiger partial charge on any atom is -0.467 e. The Morgan fingerprint density at radius 1 is 1.09 bits per heavy atom. The van der Waals surface area contributed by atoms with Crippen molar-refractivity contribution in [2.75, 3.05) is 38.0 Å². The van der Waals surface area contributed by atoms with Crippen molar-refractivity contribution in [2.24, 2.45) is 0 Å². The van der Waals surface area contributed by atoms with Crippen LogP contribution in [0.1, 0.15) is 54.8 Å². The number of methoxy groups -OCH3 is 1. The molecule has 0 saturated carbocycles. The van der Waals surface area contributed by atoms with E-state index in [1.165, 1.54) is 7.11 Å². The second-order valence-electron chi connectivity index (χ2n) is 11.6. The molecule has 4 N–H and O–H groups in total. The lowest BCUT2D eigenvalue weighted by Crippen LogP contribution is -2.46. The predicted molar refractivity (Wildman–Crippen MR) is 161 cm³/mol. The van der Waals surface area contributed by atoms with Gasteiger partial charge < -0.3 is 34.4 Å². The van der Waals surface area contributed by atoms with Gasteiger partial charge in [-0.2, -0.15) is 0 Å². The van der Waals surface area contributed by atoms with E-state index in [0.717, 1.165) is 28.6 Å². The standard InChI is InChI=1S/C31H42N2O10S/c1-41-30(37)27-16-25(35)17-29(43-27)42-20-31(38,19-34)14-13-22-5-9-23(10-6-22)26-18-28(36)33(26)24-11-7-21(8-12-24)4-3-15-32-44(2,39)40/h5-12,25-27,29,32,34-35,38H,3-4,13-20H2,1-2H3/t25?,26-,27-,29?,31?/m0/s1. The number of benzene rings is 2. The van der Waals surface area contributed by atoms with Crippen LogP contribution in [0.4, 0.5) is 5.69 Å². The highest BCUT2D eigenvalue weighted by Gasteiger charge is 2.38. The number of aliphatic hydroxyl groups is 3. The fourth-order valence-corrected chi connectivity index (χ4v) is 5.87. The third kappa shape index (κ3) is 9.30. The number of aryl methyl sites for hydroxylation is 2. The Balaban J connectivity index is 1.28. The highest BCUT2D eigenvalue weighted by Crippen LogP contribution is 2.39. The van der Waals surface area contributed by atoms with Crippen molar-refractivity contribution in [3.8, 4) is 0 Å². The van der Waals surface area contributed by atoms with Gasteiger partial charge in [-0.05, 0) is 54.5 Å². The maximum atomic E-state index is 12.5. The van der Waals surface area contributed by atoms with Gasteiger partial charge in [0.25, 0.3) is 0 Å². The molecule has 2 saturated heterocycles. The summed E-state index contributed by atoms with van der Waals surface area (Å²) in [5, 5.41) is 30.9. The van der Waals surface area contributed by atoms with Crippen LogP contribution in [0.25, 0.3) is 0 Å². The number of aliphatic hydroxyl groups excluding tert-OH is 2. The van der Waals surface area contributed by atoms with Crippen molar-refractivity contribution in [2.45, 2.75) is 75.1 Å². The Morgan fingerprint density at radius 2 is 1.75 bits per heavy atom. The number of carbonyl (C=O) groups excluding carboxylic acids is 2. The number of β-lactam (4-membered cyclic amide) rings is 1. The van der Waals surface area contributed by atoms with Crippen molar-refractivity contribution < 1.29 is 47.5 Å². The van der Waals surface area contributed by atoms with Gasteiger partial charge in [0.15, 0.2) is 12.4 Å². The van der Waals surface area contributed by atoms with E-state index in [9.17, 15) is 33.3 Å². The van der Waals surface area contributed by atoms with E-state index in [0.29, 0.717) is 32.2 Å². The summed E-state index contributed by atoms with van der Waals surface area (Å²) in [6.07, 6.45) is 1.10. The van der Waals surface area contributed by atoms with Gasteiger partial charge in [-0.1, -0.05) is 36.4 Å². The number of hydrogen-bond donors (Lipinski definition) is 4. The number of nitrogens with zero attached hydrogens (tertiary/aromatic N) is 1. The Bertz CT molecular complexity index is 1370. The zero-order chi connectivity index (χ0) is 31.9. The summed E-state index contributed by atoms with van der Waals surface area (Å²) in [6, 6.07) is 15.4. The van der Waals surface area contributed by atoms with Gasteiger partial charge in [-0.25, -0.2) is 17.9 Å². The summed E-state index contributed by atoms with van der Waals surface area (Å²) in [6.45, 7) is -0.422. The molecule has 44 heavy (non-hydrogen) atoms. The largest absolute Gasteiger partial charge is 0.467 e. The third-order valence-electron chi connectivity index (χ3n) is 7.98. The monoisotopic (exact) mass is 634 g/mol. The number of anilines is 1. The normalized spacial score (nSPS) is 23.6. The molecule has 2 aromatic rings. The van der Waals surface area contributed by atoms with Crippen LogP contribution in [-0.4, -0.2) is 92.8 Å². The lowest BCUT2D eigenvalue weighted by atomic mass is 9.90. The van der Waals surface area contributed by atoms with Crippen LogP contribution in [0.2, 0.25) is 0 Å². The summed E-state index contributed by atoms with van der Waals surface area (Å²) >= 11 is 0. The quantitative estimate of drug-likeness (QED) is 0.127. The average molecular weight is 635 g/mol. The molecule has 4 rings (SSSR count). The highest BCUT2D eigenvalue weighted by molar-refractivity contribution is 7.88. The molecule has 0 radical (unpaired) electrons. The minimum absolute atomic E-state index is 0.0320. The maximum absolute atomic E-state index is 12.5. The number of hydrogen-bond acceptors (Lipinski definition) is 10. The van der Waals surface area contributed by atoms with E-state index in [1.807, 2.05) is 48.5 Å². The summed E-state index contributed by atoms with van der Waals surface area (Å²) in [4.78, 5) is 26.1. The Labute approximate surface area is 258 Å². The molecule has 5 atom stereocenters. The SMILES string of the molecule is COC(=O)[C@@H]1CC(O)CC(OCC(O)(CO)CCc2ccc([C@@H]3CC(=O)N3c3ccc(CCCNS(C)(=O)=O)cc3)cc2)O1. The Morgan fingerprint density at radius 3 is 2.36 bits per heavy atom. The van der Waals surface area contributed by atoms with Gasteiger partial charge in [0.05, 0.1) is 45.1 Å². The van der Waals surface area contributed by atoms with Crippen LogP contribution in [0.5, 0.6) is 0 Å². The molecule has 2 heterocycles. The van der Waals surface area contributed by atoms with Crippen molar-refractivity contribution in [1.29, 1.82) is 0 Å². The molecule has 2 fully saturated rings. The molecule has 12 nitrogen and oxygen atoms in total. The lowest BCUT2D eigenvalue weighted by molar-refractivity contribution is -0.239. The molecular formula is C31H42N2O10S. The van der Waals surface area contributed by atoms with Crippen LogP contribution in [0.15, 0.2) is 48.5 Å². The van der Waals surface area contributed by atoms with Gasteiger partial charge in [-0.15, -0.1) is 0 Å². The topological polar surface area (TPSA) is 172 Å². The van der Waals surface area contributed by atoms with Gasteiger partial charge in [0.2, 0.25) is 15.9 Å². The summed E-state index contributed by atoms with van der Waals surface area (Å²) < 4.78 is 40.8. The fourth-order valence-electron chi connectivity index (χ4n) is 5.36. The molecule has 0 aliphatic carbocycles. The van der Waals surface area contributed by atoms with Crippen LogP contribution in [0.3, 0.4) is 0 Å². The average Bonchev–Trinajstić information content (AvgIpc) is 3.00. The molecule has 13 heteroatoms. The fraction of sp³-hybridized carbons (Fsp3) is 0.548. The number of nitrogens with one attached hydrogen (secondary N) is 1. The molecular weight excluding hydrogens is 592 g/mol. The molecule has 1 amide bonds. The Kier molecular flexibility index (Phi) is 11.5. The predicted octanol–water partition coefficient (Wildman–Crippen LogP) is 1.36. The smallest absolute Gasteiger partial charge is 0.335 e. The first-order valence-corrected chi connectivity index (χ1v) is 16.6.